The number of pyridine rings is 2. The lowest BCUT2D eigenvalue weighted by Crippen LogP contribution is -2.32. The van der Waals surface area contributed by atoms with Gasteiger partial charge in [-0.1, -0.05) is 25.4 Å². The largest absolute Gasteiger partial charge is 0.274 e. The number of carbonyl (C=O) groups is 2. The molecule has 4 rings (SSSR count). The summed E-state index contributed by atoms with van der Waals surface area (Å²) in [6, 6.07) is 9.02. The number of aromatic nitrogens is 2. The highest BCUT2D eigenvalue weighted by atomic mass is 35.5. The fourth-order valence-electron chi connectivity index (χ4n) is 3.47. The van der Waals surface area contributed by atoms with Crippen LogP contribution in [0.3, 0.4) is 0 Å². The van der Waals surface area contributed by atoms with Gasteiger partial charge in [0.1, 0.15) is 0 Å². The summed E-state index contributed by atoms with van der Waals surface area (Å²) in [7, 11) is 0. The van der Waals surface area contributed by atoms with Gasteiger partial charge in [-0.25, -0.2) is 0 Å². The van der Waals surface area contributed by atoms with Crippen LogP contribution in [0.15, 0.2) is 42.7 Å². The Morgan fingerprint density at radius 1 is 1.04 bits per heavy atom. The highest BCUT2D eigenvalue weighted by molar-refractivity contribution is 6.32. The number of halogens is 1. The fraction of sp³-hybridized carbons (Fsp3) is 0.238. The Bertz CT molecular complexity index is 1060. The number of amides is 2. The maximum atomic E-state index is 13.2. The topological polar surface area (TPSA) is 63.2 Å². The summed E-state index contributed by atoms with van der Waals surface area (Å²) >= 11 is 6.14. The van der Waals surface area contributed by atoms with Crippen LogP contribution in [0.25, 0.3) is 10.9 Å². The second kappa shape index (κ2) is 6.74. The zero-order chi connectivity index (χ0) is 19.1. The van der Waals surface area contributed by atoms with Crippen molar-refractivity contribution in [2.75, 3.05) is 6.54 Å². The van der Waals surface area contributed by atoms with E-state index in [1.54, 1.807) is 30.6 Å². The average Bonchev–Trinajstić information content (AvgIpc) is 2.91. The molecule has 27 heavy (non-hydrogen) atoms. The number of benzene rings is 1. The first-order chi connectivity index (χ1) is 13.0. The highest BCUT2D eigenvalue weighted by Crippen LogP contribution is 2.35. The molecule has 0 bridgehead atoms. The molecule has 5 nitrogen and oxygen atoms in total. The van der Waals surface area contributed by atoms with Crippen LogP contribution in [0.4, 0.5) is 0 Å². The molecule has 0 saturated carbocycles. The molecule has 0 fully saturated rings. The molecule has 6 heteroatoms. The predicted octanol–water partition coefficient (Wildman–Crippen LogP) is 4.25. The Labute approximate surface area is 162 Å². The van der Waals surface area contributed by atoms with Crippen LogP contribution in [-0.2, 0) is 6.42 Å². The molecule has 0 saturated heterocycles. The van der Waals surface area contributed by atoms with Gasteiger partial charge in [0, 0.05) is 29.3 Å². The van der Waals surface area contributed by atoms with Crippen molar-refractivity contribution < 1.29 is 9.59 Å². The van der Waals surface area contributed by atoms with E-state index < -0.39 is 0 Å². The van der Waals surface area contributed by atoms with Gasteiger partial charge in [-0.15, -0.1) is 0 Å². The number of rotatable bonds is 4. The fourth-order valence-corrected chi connectivity index (χ4v) is 3.64. The molecule has 2 amide bonds. The van der Waals surface area contributed by atoms with E-state index in [0.29, 0.717) is 45.7 Å². The zero-order valence-electron chi connectivity index (χ0n) is 15.1. The molecule has 136 valence electrons. The minimum absolute atomic E-state index is 0.0238. The summed E-state index contributed by atoms with van der Waals surface area (Å²) in [5.74, 6) is -0.529. The molecule has 1 aromatic carbocycles. The van der Waals surface area contributed by atoms with Gasteiger partial charge < -0.3 is 0 Å². The number of carbonyl (C=O) groups excluding carboxylic acids is 2. The standard InChI is InChI=1S/C21H18ClN3O2/c1-12(2)19-18-17(15-11-14(22)3-4-16(15)24-19)20(26)25(21(18)27)10-7-13-5-8-23-9-6-13/h3-6,8-9,11-12H,7,10H2,1-2H3. The Morgan fingerprint density at radius 2 is 1.74 bits per heavy atom. The van der Waals surface area contributed by atoms with Gasteiger partial charge in [-0.2, -0.15) is 0 Å². The summed E-state index contributed by atoms with van der Waals surface area (Å²) in [6.45, 7) is 4.26. The Morgan fingerprint density at radius 3 is 2.44 bits per heavy atom. The van der Waals surface area contributed by atoms with E-state index >= 15 is 0 Å². The normalized spacial score (nSPS) is 13.7. The molecule has 0 N–H and O–H groups in total. The Balaban J connectivity index is 1.80. The first kappa shape index (κ1) is 17.6. The van der Waals surface area contributed by atoms with E-state index in [9.17, 15) is 9.59 Å². The first-order valence-electron chi connectivity index (χ1n) is 8.85. The zero-order valence-corrected chi connectivity index (χ0v) is 15.8. The molecule has 3 aromatic rings. The minimum atomic E-state index is -0.277. The van der Waals surface area contributed by atoms with E-state index in [-0.39, 0.29) is 17.7 Å². The molecule has 3 heterocycles. The molecule has 0 atom stereocenters. The van der Waals surface area contributed by atoms with Crippen LogP contribution in [0.5, 0.6) is 0 Å². The van der Waals surface area contributed by atoms with Gasteiger partial charge in [-0.3, -0.25) is 24.5 Å². The van der Waals surface area contributed by atoms with Crippen molar-refractivity contribution in [3.8, 4) is 0 Å². The SMILES string of the molecule is CC(C)c1nc2ccc(Cl)cc2c2c1C(=O)N(CCc1ccncc1)C2=O. The van der Waals surface area contributed by atoms with E-state index in [4.69, 9.17) is 11.6 Å². The van der Waals surface area contributed by atoms with Crippen LogP contribution >= 0.6 is 11.6 Å². The molecular formula is C21H18ClN3O2. The monoisotopic (exact) mass is 379 g/mol. The van der Waals surface area contributed by atoms with Crippen molar-refractivity contribution in [3.63, 3.8) is 0 Å². The van der Waals surface area contributed by atoms with Crippen molar-refractivity contribution >= 4 is 34.3 Å². The third-order valence-corrected chi connectivity index (χ3v) is 5.05. The smallest absolute Gasteiger partial charge is 0.263 e. The maximum absolute atomic E-state index is 13.2. The first-order valence-corrected chi connectivity index (χ1v) is 9.23. The molecule has 0 aliphatic carbocycles. The molecule has 1 aliphatic heterocycles. The Kier molecular flexibility index (Phi) is 4.40. The lowest BCUT2D eigenvalue weighted by atomic mass is 9.97. The van der Waals surface area contributed by atoms with Crippen LogP contribution in [0, 0.1) is 0 Å². The number of fused-ring (bicyclic) bond motifs is 3. The lowest BCUT2D eigenvalue weighted by molar-refractivity contribution is 0.0656. The third kappa shape index (κ3) is 2.98. The number of hydrogen-bond donors (Lipinski definition) is 0. The van der Waals surface area contributed by atoms with Crippen LogP contribution in [-0.4, -0.2) is 33.2 Å². The van der Waals surface area contributed by atoms with Crippen LogP contribution in [0.2, 0.25) is 5.02 Å². The molecule has 0 spiro atoms. The van der Waals surface area contributed by atoms with Crippen molar-refractivity contribution in [2.45, 2.75) is 26.2 Å². The molecule has 1 aliphatic rings. The van der Waals surface area contributed by atoms with Crippen molar-refractivity contribution in [1.29, 1.82) is 0 Å². The quantitative estimate of drug-likeness (QED) is 0.636. The van der Waals surface area contributed by atoms with Gasteiger partial charge in [0.15, 0.2) is 0 Å². The average molecular weight is 380 g/mol. The summed E-state index contributed by atoms with van der Waals surface area (Å²) in [6.07, 6.45) is 3.99. The minimum Gasteiger partial charge on any atom is -0.274 e. The van der Waals surface area contributed by atoms with Crippen molar-refractivity contribution in [2.24, 2.45) is 0 Å². The van der Waals surface area contributed by atoms with Crippen LogP contribution in [0.1, 0.15) is 51.7 Å². The Hall–Kier alpha value is -2.79. The second-order valence-electron chi connectivity index (χ2n) is 6.93. The van der Waals surface area contributed by atoms with Gasteiger partial charge in [0.25, 0.3) is 11.8 Å². The number of hydrogen-bond acceptors (Lipinski definition) is 4. The highest BCUT2D eigenvalue weighted by Gasteiger charge is 2.40. The number of nitrogens with zero attached hydrogens (tertiary/aromatic N) is 3. The number of imide groups is 1. The van der Waals surface area contributed by atoms with Gasteiger partial charge in [0.05, 0.1) is 22.3 Å². The summed E-state index contributed by atoms with van der Waals surface area (Å²) in [5, 5.41) is 1.14. The van der Waals surface area contributed by atoms with Crippen molar-refractivity contribution in [3.05, 3.63) is 70.1 Å². The maximum Gasteiger partial charge on any atom is 0.263 e. The van der Waals surface area contributed by atoms with Gasteiger partial charge in [-0.05, 0) is 48.2 Å². The predicted molar refractivity (Wildman–Crippen MR) is 104 cm³/mol. The van der Waals surface area contributed by atoms with E-state index in [2.05, 4.69) is 9.97 Å². The van der Waals surface area contributed by atoms with Crippen LogP contribution < -0.4 is 0 Å². The molecular weight excluding hydrogens is 362 g/mol. The second-order valence-corrected chi connectivity index (χ2v) is 7.37. The van der Waals surface area contributed by atoms with E-state index in [1.165, 1.54) is 4.90 Å². The third-order valence-electron chi connectivity index (χ3n) is 4.81. The van der Waals surface area contributed by atoms with Gasteiger partial charge in [0.2, 0.25) is 0 Å². The van der Waals surface area contributed by atoms with E-state index in [0.717, 1.165) is 5.56 Å². The van der Waals surface area contributed by atoms with Gasteiger partial charge >= 0.3 is 0 Å². The summed E-state index contributed by atoms with van der Waals surface area (Å²) in [5.41, 5.74) is 3.20. The summed E-state index contributed by atoms with van der Waals surface area (Å²) in [4.78, 5) is 36.2. The molecule has 0 radical (unpaired) electrons. The molecule has 2 aromatic heterocycles. The lowest BCUT2D eigenvalue weighted by Gasteiger charge is -2.14. The molecule has 0 unspecified atom stereocenters. The van der Waals surface area contributed by atoms with E-state index in [1.807, 2.05) is 26.0 Å². The summed E-state index contributed by atoms with van der Waals surface area (Å²) < 4.78 is 0. The van der Waals surface area contributed by atoms with Crippen molar-refractivity contribution in [1.82, 2.24) is 14.9 Å².